The number of aliphatic hydroxyl groups is 1. The molecule has 1 N–H and O–H groups in total. The molecule has 0 aliphatic carbocycles. The molecule has 22 heavy (non-hydrogen) atoms. The molecule has 1 saturated heterocycles. The number of aliphatic hydroxyl groups excluding tert-OH is 1. The van der Waals surface area contributed by atoms with Crippen molar-refractivity contribution in [3.8, 4) is 5.75 Å². The lowest BCUT2D eigenvalue weighted by Crippen LogP contribution is -2.37. The lowest BCUT2D eigenvalue weighted by molar-refractivity contribution is 0.120. The summed E-state index contributed by atoms with van der Waals surface area (Å²) < 4.78 is 16.8. The Morgan fingerprint density at radius 2 is 2.09 bits per heavy atom. The quantitative estimate of drug-likeness (QED) is 0.918. The van der Waals surface area contributed by atoms with Crippen LogP contribution in [0.3, 0.4) is 0 Å². The zero-order valence-corrected chi connectivity index (χ0v) is 12.5. The topological polar surface area (TPSA) is 72.1 Å². The van der Waals surface area contributed by atoms with Crippen LogP contribution in [0.1, 0.15) is 5.56 Å². The molecular formula is C16H19NO5. The van der Waals surface area contributed by atoms with E-state index >= 15 is 0 Å². The van der Waals surface area contributed by atoms with Crippen molar-refractivity contribution in [2.45, 2.75) is 6.92 Å². The van der Waals surface area contributed by atoms with Crippen LogP contribution in [0.15, 0.2) is 27.4 Å². The fraction of sp³-hybridized carbons (Fsp3) is 0.438. The fourth-order valence-electron chi connectivity index (χ4n) is 2.58. The molecule has 1 fully saturated rings. The molecule has 6 nitrogen and oxygen atoms in total. The van der Waals surface area contributed by atoms with E-state index in [0.29, 0.717) is 43.2 Å². The molecule has 0 radical (unpaired) electrons. The summed E-state index contributed by atoms with van der Waals surface area (Å²) in [6, 6.07) is 5.45. The van der Waals surface area contributed by atoms with E-state index in [1.807, 2.05) is 24.0 Å². The Hall–Kier alpha value is -2.05. The van der Waals surface area contributed by atoms with Crippen LogP contribution in [0.4, 0.5) is 5.88 Å². The zero-order valence-electron chi connectivity index (χ0n) is 12.5. The molecule has 6 heteroatoms. The Kier molecular flexibility index (Phi) is 4.31. The van der Waals surface area contributed by atoms with Crippen molar-refractivity contribution in [1.29, 1.82) is 0 Å². The lowest BCUT2D eigenvalue weighted by Gasteiger charge is -2.28. The van der Waals surface area contributed by atoms with Crippen LogP contribution in [-0.2, 0) is 4.74 Å². The highest BCUT2D eigenvalue weighted by Crippen LogP contribution is 2.31. The Balaban J connectivity index is 2.17. The highest BCUT2D eigenvalue weighted by molar-refractivity contribution is 5.83. The number of hydrogen-bond donors (Lipinski definition) is 1. The fourth-order valence-corrected chi connectivity index (χ4v) is 2.58. The average molecular weight is 305 g/mol. The molecule has 1 aliphatic heterocycles. The van der Waals surface area contributed by atoms with Crippen LogP contribution < -0.4 is 15.1 Å². The molecule has 0 spiro atoms. The number of nitrogens with zero attached hydrogens (tertiary/aromatic N) is 1. The summed E-state index contributed by atoms with van der Waals surface area (Å²) in [5.41, 5.74) is 1.27. The van der Waals surface area contributed by atoms with E-state index in [1.165, 1.54) is 0 Å². The largest absolute Gasteiger partial charge is 0.483 e. The van der Waals surface area contributed by atoms with Crippen molar-refractivity contribution in [1.82, 2.24) is 0 Å². The van der Waals surface area contributed by atoms with E-state index in [-0.39, 0.29) is 24.4 Å². The Morgan fingerprint density at radius 3 is 2.82 bits per heavy atom. The van der Waals surface area contributed by atoms with E-state index in [0.717, 1.165) is 5.56 Å². The average Bonchev–Trinajstić information content (AvgIpc) is 2.55. The van der Waals surface area contributed by atoms with E-state index < -0.39 is 0 Å². The van der Waals surface area contributed by atoms with Gasteiger partial charge in [-0.05, 0) is 18.6 Å². The van der Waals surface area contributed by atoms with Crippen LogP contribution in [0.25, 0.3) is 11.0 Å². The maximum atomic E-state index is 12.7. The van der Waals surface area contributed by atoms with Crippen molar-refractivity contribution >= 4 is 16.9 Å². The molecular weight excluding hydrogens is 286 g/mol. The van der Waals surface area contributed by atoms with Gasteiger partial charge in [0, 0.05) is 13.1 Å². The third-order valence-corrected chi connectivity index (χ3v) is 3.69. The number of benzene rings is 1. The van der Waals surface area contributed by atoms with Gasteiger partial charge in [-0.1, -0.05) is 12.1 Å². The second-order valence-electron chi connectivity index (χ2n) is 5.19. The third kappa shape index (κ3) is 2.67. The molecule has 0 bridgehead atoms. The summed E-state index contributed by atoms with van der Waals surface area (Å²) in [5, 5.41) is 9.48. The normalized spacial score (nSPS) is 15.3. The molecule has 1 aromatic heterocycles. The van der Waals surface area contributed by atoms with Crippen molar-refractivity contribution in [3.05, 3.63) is 34.0 Å². The van der Waals surface area contributed by atoms with Crippen LogP contribution >= 0.6 is 0 Å². The predicted molar refractivity (Wildman–Crippen MR) is 82.8 cm³/mol. The first-order chi connectivity index (χ1) is 10.7. The van der Waals surface area contributed by atoms with Gasteiger partial charge in [0.15, 0.2) is 0 Å². The summed E-state index contributed by atoms with van der Waals surface area (Å²) in [6.45, 7) is 4.23. The minimum atomic E-state index is -0.208. The molecule has 118 valence electrons. The van der Waals surface area contributed by atoms with Crippen molar-refractivity contribution in [2.75, 3.05) is 44.4 Å². The SMILES string of the molecule is Cc1cccc2c(=O)c(OCCO)c(N3CCOCC3)oc12. The van der Waals surface area contributed by atoms with Gasteiger partial charge < -0.3 is 23.9 Å². The van der Waals surface area contributed by atoms with Crippen molar-refractivity contribution in [3.63, 3.8) is 0 Å². The van der Waals surface area contributed by atoms with Gasteiger partial charge in [-0.2, -0.15) is 0 Å². The summed E-state index contributed by atoms with van der Waals surface area (Å²) >= 11 is 0. The smallest absolute Gasteiger partial charge is 0.243 e. The lowest BCUT2D eigenvalue weighted by atomic mass is 10.1. The van der Waals surface area contributed by atoms with Gasteiger partial charge >= 0.3 is 0 Å². The first-order valence-corrected chi connectivity index (χ1v) is 7.35. The number of anilines is 1. The number of ether oxygens (including phenoxy) is 2. The Bertz CT molecular complexity index is 718. The molecule has 2 heterocycles. The van der Waals surface area contributed by atoms with Gasteiger partial charge in [-0.25, -0.2) is 0 Å². The van der Waals surface area contributed by atoms with Gasteiger partial charge in [-0.15, -0.1) is 0 Å². The van der Waals surface area contributed by atoms with Gasteiger partial charge in [0.2, 0.25) is 17.1 Å². The molecule has 0 atom stereocenters. The molecule has 3 rings (SSSR count). The second-order valence-corrected chi connectivity index (χ2v) is 5.19. The molecule has 1 aliphatic rings. The number of hydrogen-bond acceptors (Lipinski definition) is 6. The molecule has 2 aromatic rings. The maximum absolute atomic E-state index is 12.7. The molecule has 1 aromatic carbocycles. The summed E-state index contributed by atoms with van der Waals surface area (Å²) in [5.74, 6) is 0.581. The van der Waals surface area contributed by atoms with Gasteiger partial charge in [-0.3, -0.25) is 4.79 Å². The van der Waals surface area contributed by atoms with Gasteiger partial charge in [0.25, 0.3) is 0 Å². The van der Waals surface area contributed by atoms with E-state index in [9.17, 15) is 4.79 Å². The van der Waals surface area contributed by atoms with Crippen LogP contribution in [0, 0.1) is 6.92 Å². The minimum absolute atomic E-state index is 0.0550. The minimum Gasteiger partial charge on any atom is -0.483 e. The first-order valence-electron chi connectivity index (χ1n) is 7.35. The number of rotatable bonds is 4. The molecule has 0 unspecified atom stereocenters. The van der Waals surface area contributed by atoms with Crippen LogP contribution in [0.2, 0.25) is 0 Å². The third-order valence-electron chi connectivity index (χ3n) is 3.69. The second kappa shape index (κ2) is 6.37. The summed E-state index contributed by atoms with van der Waals surface area (Å²) in [6.07, 6.45) is 0. The van der Waals surface area contributed by atoms with E-state index in [1.54, 1.807) is 6.07 Å². The Labute approximate surface area is 127 Å². The summed E-state index contributed by atoms with van der Waals surface area (Å²) in [4.78, 5) is 14.7. The maximum Gasteiger partial charge on any atom is 0.243 e. The molecule has 0 amide bonds. The Morgan fingerprint density at radius 1 is 1.32 bits per heavy atom. The zero-order chi connectivity index (χ0) is 15.5. The predicted octanol–water partition coefficient (Wildman–Crippen LogP) is 1.31. The first kappa shape index (κ1) is 14.9. The highest BCUT2D eigenvalue weighted by Gasteiger charge is 2.23. The number of para-hydroxylation sites is 1. The number of morpholine rings is 1. The monoisotopic (exact) mass is 305 g/mol. The standard InChI is InChI=1S/C16H19NO5/c1-11-3-2-4-12-13(19)15(21-10-7-18)16(22-14(11)12)17-5-8-20-9-6-17/h2-4,18H,5-10H2,1H3. The van der Waals surface area contributed by atoms with E-state index in [4.69, 9.17) is 19.0 Å². The van der Waals surface area contributed by atoms with Crippen molar-refractivity contribution in [2.24, 2.45) is 0 Å². The van der Waals surface area contributed by atoms with Crippen molar-refractivity contribution < 1.29 is 19.0 Å². The van der Waals surface area contributed by atoms with E-state index in [2.05, 4.69) is 0 Å². The number of aryl methyl sites for hydroxylation is 1. The highest BCUT2D eigenvalue weighted by atomic mass is 16.5. The van der Waals surface area contributed by atoms with Gasteiger partial charge in [0.1, 0.15) is 12.2 Å². The van der Waals surface area contributed by atoms with Crippen LogP contribution in [0.5, 0.6) is 5.75 Å². The van der Waals surface area contributed by atoms with Crippen LogP contribution in [-0.4, -0.2) is 44.6 Å². The summed E-state index contributed by atoms with van der Waals surface area (Å²) in [7, 11) is 0. The van der Waals surface area contributed by atoms with Gasteiger partial charge in [0.05, 0.1) is 25.2 Å². The molecule has 0 saturated carbocycles. The number of fused-ring (bicyclic) bond motifs is 1.